The Hall–Kier alpha value is -2.02. The van der Waals surface area contributed by atoms with Gasteiger partial charge in [0, 0.05) is 36.3 Å². The Labute approximate surface area is 151 Å². The van der Waals surface area contributed by atoms with Crippen molar-refractivity contribution in [1.29, 1.82) is 0 Å². The van der Waals surface area contributed by atoms with E-state index in [2.05, 4.69) is 20.8 Å². The van der Waals surface area contributed by atoms with E-state index in [-0.39, 0.29) is 11.9 Å². The molecule has 25 heavy (non-hydrogen) atoms. The van der Waals surface area contributed by atoms with E-state index in [9.17, 15) is 4.79 Å². The highest BCUT2D eigenvalue weighted by atomic mass is 35.5. The van der Waals surface area contributed by atoms with Crippen molar-refractivity contribution in [2.24, 2.45) is 5.92 Å². The van der Waals surface area contributed by atoms with Crippen molar-refractivity contribution in [3.05, 3.63) is 58.6 Å². The third kappa shape index (κ3) is 3.25. The highest BCUT2D eigenvalue weighted by molar-refractivity contribution is 6.30. The lowest BCUT2D eigenvalue weighted by atomic mass is 9.85. The molecule has 0 aliphatic carbocycles. The Morgan fingerprint density at radius 1 is 1.20 bits per heavy atom. The number of halogens is 1. The fourth-order valence-electron chi connectivity index (χ4n) is 3.65. The molecule has 4 rings (SSSR count). The number of likely N-dealkylation sites (tertiary alicyclic amines) is 1. The Morgan fingerprint density at radius 3 is 2.72 bits per heavy atom. The first-order valence-corrected chi connectivity index (χ1v) is 8.84. The summed E-state index contributed by atoms with van der Waals surface area (Å²) in [6.45, 7) is 3.27. The number of carbonyl (C=O) groups is 1. The molecule has 2 aliphatic rings. The molecule has 130 valence electrons. The maximum absolute atomic E-state index is 12.8. The van der Waals surface area contributed by atoms with E-state index in [0.29, 0.717) is 24.2 Å². The number of amides is 1. The quantitative estimate of drug-likeness (QED) is 0.861. The third-order valence-electron chi connectivity index (χ3n) is 5.03. The first-order valence-electron chi connectivity index (χ1n) is 8.46. The number of aromatic nitrogens is 2. The second-order valence-corrected chi connectivity index (χ2v) is 7.11. The summed E-state index contributed by atoms with van der Waals surface area (Å²) in [4.78, 5) is 23.1. The van der Waals surface area contributed by atoms with Crippen LogP contribution in [0.4, 0.5) is 0 Å². The van der Waals surface area contributed by atoms with Gasteiger partial charge in [-0.25, -0.2) is 10.4 Å². The second kappa shape index (κ2) is 6.71. The zero-order valence-electron chi connectivity index (χ0n) is 13.9. The van der Waals surface area contributed by atoms with Crippen molar-refractivity contribution < 1.29 is 4.79 Å². The van der Waals surface area contributed by atoms with Crippen LogP contribution < -0.4 is 10.9 Å². The summed E-state index contributed by atoms with van der Waals surface area (Å²) in [5.41, 5.74) is 9.15. The summed E-state index contributed by atoms with van der Waals surface area (Å²) in [6, 6.07) is 8.39. The van der Waals surface area contributed by atoms with E-state index in [1.165, 1.54) is 5.56 Å². The SMILES string of the molecule is Cc1cnc(C(=O)N2CCC3NNC(c4ccc(Cl)cc4)C3C2)cn1. The third-order valence-corrected chi connectivity index (χ3v) is 5.28. The Bertz CT molecular complexity index is 764. The van der Waals surface area contributed by atoms with Crippen molar-refractivity contribution in [2.75, 3.05) is 13.1 Å². The summed E-state index contributed by atoms with van der Waals surface area (Å²) < 4.78 is 0. The van der Waals surface area contributed by atoms with Gasteiger partial charge in [0.1, 0.15) is 5.69 Å². The maximum Gasteiger partial charge on any atom is 0.274 e. The summed E-state index contributed by atoms with van der Waals surface area (Å²) in [5, 5.41) is 0.727. The van der Waals surface area contributed by atoms with E-state index >= 15 is 0 Å². The number of piperidine rings is 1. The summed E-state index contributed by atoms with van der Waals surface area (Å²) in [6.07, 6.45) is 4.10. The van der Waals surface area contributed by atoms with Gasteiger partial charge >= 0.3 is 0 Å². The molecule has 7 heteroatoms. The predicted octanol–water partition coefficient (Wildman–Crippen LogP) is 2.12. The number of carbonyl (C=O) groups excluding carboxylic acids is 1. The predicted molar refractivity (Wildman–Crippen MR) is 95.0 cm³/mol. The monoisotopic (exact) mass is 357 g/mol. The van der Waals surface area contributed by atoms with Gasteiger partial charge in [-0.2, -0.15) is 0 Å². The molecule has 0 spiro atoms. The minimum atomic E-state index is -0.0484. The summed E-state index contributed by atoms with van der Waals surface area (Å²) in [7, 11) is 0. The molecule has 2 saturated heterocycles. The van der Waals surface area contributed by atoms with Gasteiger partial charge in [-0.05, 0) is 31.0 Å². The highest BCUT2D eigenvalue weighted by Gasteiger charge is 2.41. The molecule has 0 saturated carbocycles. The van der Waals surface area contributed by atoms with E-state index in [0.717, 1.165) is 23.7 Å². The Kier molecular flexibility index (Phi) is 4.41. The lowest BCUT2D eigenvalue weighted by molar-refractivity contribution is 0.0646. The van der Waals surface area contributed by atoms with Gasteiger partial charge < -0.3 is 4.90 Å². The van der Waals surface area contributed by atoms with Crippen LogP contribution in [0, 0.1) is 12.8 Å². The van der Waals surface area contributed by atoms with E-state index in [1.807, 2.05) is 36.1 Å². The first-order chi connectivity index (χ1) is 12.1. The van der Waals surface area contributed by atoms with Crippen molar-refractivity contribution >= 4 is 17.5 Å². The molecule has 2 N–H and O–H groups in total. The van der Waals surface area contributed by atoms with Crippen LogP contribution in [0.15, 0.2) is 36.7 Å². The molecule has 3 unspecified atom stereocenters. The van der Waals surface area contributed by atoms with Gasteiger partial charge in [0.2, 0.25) is 0 Å². The number of nitrogens with one attached hydrogen (secondary N) is 2. The molecular formula is C18H20ClN5O. The molecule has 2 aliphatic heterocycles. The molecule has 1 aromatic heterocycles. The van der Waals surface area contributed by atoms with E-state index in [4.69, 9.17) is 11.6 Å². The van der Waals surface area contributed by atoms with E-state index in [1.54, 1.807) is 12.4 Å². The molecule has 1 amide bonds. The summed E-state index contributed by atoms with van der Waals surface area (Å²) in [5.74, 6) is 0.255. The van der Waals surface area contributed by atoms with Crippen LogP contribution >= 0.6 is 11.6 Å². The Balaban J connectivity index is 1.52. The minimum absolute atomic E-state index is 0.0484. The minimum Gasteiger partial charge on any atom is -0.337 e. The number of hydrogen-bond acceptors (Lipinski definition) is 5. The zero-order chi connectivity index (χ0) is 17.4. The fraction of sp³-hybridized carbons (Fsp3) is 0.389. The molecule has 2 aromatic rings. The topological polar surface area (TPSA) is 70.2 Å². The standard InChI is InChI=1S/C18H20ClN5O/c1-11-8-21-16(9-20-11)18(25)24-7-6-15-14(10-24)17(23-22-15)12-2-4-13(19)5-3-12/h2-5,8-9,14-15,17,22-23H,6-7,10H2,1H3. The van der Waals surface area contributed by atoms with Gasteiger partial charge in [0.05, 0.1) is 17.9 Å². The van der Waals surface area contributed by atoms with Gasteiger partial charge in [0.15, 0.2) is 0 Å². The number of hydrogen-bond donors (Lipinski definition) is 2. The van der Waals surface area contributed by atoms with Crippen LogP contribution in [-0.4, -0.2) is 39.9 Å². The fourth-order valence-corrected chi connectivity index (χ4v) is 3.78. The second-order valence-electron chi connectivity index (χ2n) is 6.67. The van der Waals surface area contributed by atoms with Crippen molar-refractivity contribution in [2.45, 2.75) is 25.4 Å². The van der Waals surface area contributed by atoms with Crippen LogP contribution in [0.1, 0.15) is 34.2 Å². The first kappa shape index (κ1) is 16.4. The number of fused-ring (bicyclic) bond motifs is 1. The largest absolute Gasteiger partial charge is 0.337 e. The number of benzene rings is 1. The number of nitrogens with zero attached hydrogens (tertiary/aromatic N) is 3. The molecule has 3 atom stereocenters. The van der Waals surface area contributed by atoms with Gasteiger partial charge in [-0.1, -0.05) is 23.7 Å². The van der Waals surface area contributed by atoms with Crippen LogP contribution in [0.25, 0.3) is 0 Å². The van der Waals surface area contributed by atoms with Crippen LogP contribution in [0.5, 0.6) is 0 Å². The van der Waals surface area contributed by atoms with Gasteiger partial charge in [-0.15, -0.1) is 0 Å². The molecule has 0 radical (unpaired) electrons. The molecule has 3 heterocycles. The lowest BCUT2D eigenvalue weighted by Crippen LogP contribution is -2.48. The number of aryl methyl sites for hydroxylation is 1. The van der Waals surface area contributed by atoms with Crippen molar-refractivity contribution in [1.82, 2.24) is 25.7 Å². The van der Waals surface area contributed by atoms with Crippen LogP contribution in [0.3, 0.4) is 0 Å². The molecular weight excluding hydrogens is 338 g/mol. The number of rotatable bonds is 2. The zero-order valence-corrected chi connectivity index (χ0v) is 14.7. The number of hydrazine groups is 1. The van der Waals surface area contributed by atoms with Crippen LogP contribution in [0.2, 0.25) is 5.02 Å². The maximum atomic E-state index is 12.8. The van der Waals surface area contributed by atoms with E-state index < -0.39 is 0 Å². The van der Waals surface area contributed by atoms with Crippen molar-refractivity contribution in [3.8, 4) is 0 Å². The Morgan fingerprint density at radius 2 is 2.00 bits per heavy atom. The van der Waals surface area contributed by atoms with Crippen molar-refractivity contribution in [3.63, 3.8) is 0 Å². The smallest absolute Gasteiger partial charge is 0.274 e. The molecule has 2 fully saturated rings. The molecule has 1 aromatic carbocycles. The lowest BCUT2D eigenvalue weighted by Gasteiger charge is -2.36. The average molecular weight is 358 g/mol. The highest BCUT2D eigenvalue weighted by Crippen LogP contribution is 2.34. The normalized spacial score (nSPS) is 25.7. The molecule has 0 bridgehead atoms. The van der Waals surface area contributed by atoms with Crippen LogP contribution in [-0.2, 0) is 0 Å². The summed E-state index contributed by atoms with van der Waals surface area (Å²) >= 11 is 6.00. The van der Waals surface area contributed by atoms with Gasteiger partial charge in [0.25, 0.3) is 5.91 Å². The molecule has 6 nitrogen and oxygen atoms in total. The average Bonchev–Trinajstić information content (AvgIpc) is 3.05. The van der Waals surface area contributed by atoms with Gasteiger partial charge in [-0.3, -0.25) is 15.2 Å².